The van der Waals surface area contributed by atoms with E-state index in [0.29, 0.717) is 11.1 Å². The van der Waals surface area contributed by atoms with Crippen molar-refractivity contribution in [1.82, 2.24) is 0 Å². The van der Waals surface area contributed by atoms with Crippen LogP contribution in [-0.4, -0.2) is 18.1 Å². The molecule has 5 atom stereocenters. The summed E-state index contributed by atoms with van der Waals surface area (Å²) in [5, 5.41) is 0. The van der Waals surface area contributed by atoms with E-state index in [4.69, 9.17) is 0 Å². The summed E-state index contributed by atoms with van der Waals surface area (Å²) in [6.07, 6.45) is 0. The normalized spacial score (nSPS) is 40.0. The fraction of sp³-hybridized carbons (Fsp3) is 1.00. The second kappa shape index (κ2) is 4.81. The molecule has 1 saturated carbocycles. The van der Waals surface area contributed by atoms with Crippen molar-refractivity contribution in [3.8, 4) is 0 Å². The first-order chi connectivity index (χ1) is 7.92. The van der Waals surface area contributed by atoms with Gasteiger partial charge in [-0.15, -0.1) is 0 Å². The predicted molar refractivity (Wildman–Crippen MR) is 80.9 cm³/mol. The Labute approximate surface area is 115 Å². The van der Waals surface area contributed by atoms with E-state index >= 15 is 0 Å². The highest BCUT2D eigenvalue weighted by molar-refractivity contribution is 4.97. The lowest BCUT2D eigenvalue weighted by atomic mass is 9.73. The van der Waals surface area contributed by atoms with Gasteiger partial charge in [-0.2, -0.15) is 0 Å². The molecule has 1 nitrogen and oxygen atoms in total. The molecule has 0 aromatic heterocycles. The summed E-state index contributed by atoms with van der Waals surface area (Å²) in [5.41, 5.74) is 0.661. The van der Waals surface area contributed by atoms with Gasteiger partial charge in [0.1, 0.15) is 0 Å². The van der Waals surface area contributed by atoms with E-state index in [-0.39, 0.29) is 0 Å². The summed E-state index contributed by atoms with van der Waals surface area (Å²) in [6.45, 7) is 21.9. The molecular weight excluding hydrogens is 218 g/mol. The molecule has 1 rings (SSSR count). The molecule has 1 heteroatoms. The number of hydrogen-bond donors (Lipinski definition) is 1. The molecule has 0 amide bonds. The Bertz CT molecular complexity index is 272. The Morgan fingerprint density at radius 3 is 1.28 bits per heavy atom. The third-order valence-corrected chi connectivity index (χ3v) is 6.55. The Kier molecular flexibility index (Phi) is 4.28. The van der Waals surface area contributed by atoms with Gasteiger partial charge in [0.05, 0.1) is 18.1 Å². The number of nitrogens with one attached hydrogen (secondary N) is 1. The highest BCUT2D eigenvalue weighted by Gasteiger charge is 2.53. The average Bonchev–Trinajstić information content (AvgIpc) is 2.41. The van der Waals surface area contributed by atoms with Crippen LogP contribution in [0.4, 0.5) is 0 Å². The van der Waals surface area contributed by atoms with Gasteiger partial charge < -0.3 is 4.90 Å². The van der Waals surface area contributed by atoms with Crippen molar-refractivity contribution in [1.29, 1.82) is 0 Å². The molecule has 1 aliphatic carbocycles. The van der Waals surface area contributed by atoms with Crippen LogP contribution in [0.25, 0.3) is 0 Å². The number of hydrogen-bond acceptors (Lipinski definition) is 0. The van der Waals surface area contributed by atoms with Crippen LogP contribution >= 0.6 is 0 Å². The van der Waals surface area contributed by atoms with Crippen LogP contribution in [-0.2, 0) is 0 Å². The van der Waals surface area contributed by atoms with E-state index in [1.807, 2.05) is 0 Å². The quantitative estimate of drug-likeness (QED) is 0.771. The monoisotopic (exact) mass is 254 g/mol. The van der Waals surface area contributed by atoms with Crippen LogP contribution < -0.4 is 4.90 Å². The van der Waals surface area contributed by atoms with Crippen molar-refractivity contribution < 1.29 is 4.90 Å². The molecule has 0 heterocycles. The topological polar surface area (TPSA) is 4.44 Å². The summed E-state index contributed by atoms with van der Waals surface area (Å²) in [7, 11) is 2.38. The molecule has 1 aliphatic rings. The first-order valence-corrected chi connectivity index (χ1v) is 7.76. The second-order valence-corrected chi connectivity index (χ2v) is 8.56. The Balaban J connectivity index is 3.05. The highest BCUT2D eigenvalue weighted by Crippen LogP contribution is 2.49. The van der Waals surface area contributed by atoms with E-state index in [1.165, 1.54) is 0 Å². The van der Waals surface area contributed by atoms with Gasteiger partial charge in [0, 0.05) is 5.92 Å². The first kappa shape index (κ1) is 16.0. The molecule has 5 unspecified atom stereocenters. The van der Waals surface area contributed by atoms with Gasteiger partial charge in [-0.3, -0.25) is 0 Å². The minimum Gasteiger partial charge on any atom is -0.329 e. The standard InChI is InChI=1S/C17H35N/c1-11-12(2)14(4)15(13(11)3)17(8,9)18(10)16(5,6)7/h11-15H,1-10H3/p+1. The van der Waals surface area contributed by atoms with Crippen LogP contribution in [0.15, 0.2) is 0 Å². The van der Waals surface area contributed by atoms with Gasteiger partial charge in [0.25, 0.3) is 0 Å². The van der Waals surface area contributed by atoms with Crippen LogP contribution in [0, 0.1) is 29.6 Å². The molecule has 1 fully saturated rings. The third-order valence-electron chi connectivity index (χ3n) is 6.55. The summed E-state index contributed by atoms with van der Waals surface area (Å²) >= 11 is 0. The van der Waals surface area contributed by atoms with E-state index in [0.717, 1.165) is 29.6 Å². The van der Waals surface area contributed by atoms with Gasteiger partial charge in [0.2, 0.25) is 0 Å². The Morgan fingerprint density at radius 1 is 0.667 bits per heavy atom. The molecule has 0 bridgehead atoms. The van der Waals surface area contributed by atoms with E-state index in [9.17, 15) is 0 Å². The Morgan fingerprint density at radius 2 is 1.00 bits per heavy atom. The number of quaternary nitrogens is 1. The zero-order chi connectivity index (χ0) is 14.5. The molecule has 0 aromatic rings. The predicted octanol–water partition coefficient (Wildman–Crippen LogP) is 3.25. The SMILES string of the molecule is CC1C(C)C(C)C(C(C)(C)[NH+](C)C(C)(C)C)C1C. The molecule has 18 heavy (non-hydrogen) atoms. The zero-order valence-electron chi connectivity index (χ0n) is 14.4. The zero-order valence-corrected chi connectivity index (χ0v) is 14.4. The highest BCUT2D eigenvalue weighted by atomic mass is 15.2. The first-order valence-electron chi connectivity index (χ1n) is 7.76. The largest absolute Gasteiger partial charge is 0.329 e. The van der Waals surface area contributed by atoms with E-state index in [2.05, 4.69) is 69.4 Å². The molecule has 0 aliphatic heterocycles. The summed E-state index contributed by atoms with van der Waals surface area (Å²) in [6, 6.07) is 0. The summed E-state index contributed by atoms with van der Waals surface area (Å²) < 4.78 is 0. The van der Waals surface area contributed by atoms with Gasteiger partial charge in [-0.05, 0) is 58.3 Å². The van der Waals surface area contributed by atoms with Crippen molar-refractivity contribution in [2.24, 2.45) is 29.6 Å². The van der Waals surface area contributed by atoms with Crippen LogP contribution in [0.3, 0.4) is 0 Å². The lowest BCUT2D eigenvalue weighted by molar-refractivity contribution is -0.979. The molecule has 0 aromatic carbocycles. The molecule has 108 valence electrons. The van der Waals surface area contributed by atoms with Crippen LogP contribution in [0.1, 0.15) is 62.3 Å². The molecular formula is C17H36N+. The van der Waals surface area contributed by atoms with E-state index < -0.39 is 0 Å². The van der Waals surface area contributed by atoms with Crippen LogP contribution in [0.5, 0.6) is 0 Å². The van der Waals surface area contributed by atoms with Gasteiger partial charge in [0.15, 0.2) is 0 Å². The van der Waals surface area contributed by atoms with Crippen molar-refractivity contribution in [3.63, 3.8) is 0 Å². The second-order valence-electron chi connectivity index (χ2n) is 8.56. The summed E-state index contributed by atoms with van der Waals surface area (Å²) in [5.74, 6) is 4.21. The number of rotatable bonds is 2. The third kappa shape index (κ3) is 2.48. The van der Waals surface area contributed by atoms with Crippen LogP contribution in [0.2, 0.25) is 0 Å². The van der Waals surface area contributed by atoms with Crippen molar-refractivity contribution in [2.45, 2.75) is 73.4 Å². The van der Waals surface area contributed by atoms with Crippen molar-refractivity contribution in [3.05, 3.63) is 0 Å². The fourth-order valence-corrected chi connectivity index (χ4v) is 4.62. The molecule has 0 spiro atoms. The Hall–Kier alpha value is -0.0400. The maximum Gasteiger partial charge on any atom is 0.0955 e. The van der Waals surface area contributed by atoms with Crippen molar-refractivity contribution in [2.75, 3.05) is 7.05 Å². The van der Waals surface area contributed by atoms with Crippen molar-refractivity contribution >= 4 is 0 Å². The molecule has 0 saturated heterocycles. The smallest absolute Gasteiger partial charge is 0.0955 e. The van der Waals surface area contributed by atoms with Gasteiger partial charge >= 0.3 is 0 Å². The molecule has 0 radical (unpaired) electrons. The maximum atomic E-state index is 2.48. The minimum absolute atomic E-state index is 0.317. The summed E-state index contributed by atoms with van der Waals surface area (Å²) in [4.78, 5) is 1.67. The van der Waals surface area contributed by atoms with E-state index in [1.54, 1.807) is 4.90 Å². The fourth-order valence-electron chi connectivity index (χ4n) is 4.62. The lowest BCUT2D eigenvalue weighted by Crippen LogP contribution is -3.24. The maximum absolute atomic E-state index is 2.48. The average molecular weight is 254 g/mol. The van der Waals surface area contributed by atoms with Gasteiger partial charge in [-0.1, -0.05) is 27.7 Å². The minimum atomic E-state index is 0.317. The lowest BCUT2D eigenvalue weighted by Gasteiger charge is -2.47. The van der Waals surface area contributed by atoms with Gasteiger partial charge in [-0.25, -0.2) is 0 Å². The molecule has 1 N–H and O–H groups in total.